The SMILES string of the molecule is CC1CCN(c2n[nH]c(=S)n2C(C)C)C(C)C1. The van der Waals surface area contributed by atoms with Crippen molar-refractivity contribution < 1.29 is 0 Å². The van der Waals surface area contributed by atoms with E-state index in [4.69, 9.17) is 12.2 Å². The van der Waals surface area contributed by atoms with Crippen molar-refractivity contribution in [3.8, 4) is 0 Å². The first-order valence-electron chi connectivity index (χ1n) is 6.44. The van der Waals surface area contributed by atoms with Gasteiger partial charge < -0.3 is 4.90 Å². The molecule has 0 aromatic carbocycles. The average molecular weight is 254 g/mol. The first-order valence-corrected chi connectivity index (χ1v) is 6.85. The van der Waals surface area contributed by atoms with E-state index in [0.29, 0.717) is 12.1 Å². The van der Waals surface area contributed by atoms with Gasteiger partial charge in [-0.15, -0.1) is 5.10 Å². The molecule has 1 fully saturated rings. The minimum Gasteiger partial charge on any atom is -0.338 e. The van der Waals surface area contributed by atoms with E-state index in [1.165, 1.54) is 12.8 Å². The van der Waals surface area contributed by atoms with E-state index in [9.17, 15) is 0 Å². The fraction of sp³-hybridized carbons (Fsp3) is 0.833. The second-order valence-electron chi connectivity index (χ2n) is 5.46. The molecular formula is C12H22N4S. The number of nitrogens with zero attached hydrogens (tertiary/aromatic N) is 3. The number of aromatic amines is 1. The van der Waals surface area contributed by atoms with Gasteiger partial charge in [-0.3, -0.25) is 4.57 Å². The zero-order chi connectivity index (χ0) is 12.6. The van der Waals surface area contributed by atoms with Crippen LogP contribution in [0.25, 0.3) is 0 Å². The van der Waals surface area contributed by atoms with Crippen LogP contribution in [-0.4, -0.2) is 27.4 Å². The molecule has 0 radical (unpaired) electrons. The summed E-state index contributed by atoms with van der Waals surface area (Å²) in [6, 6.07) is 0.893. The standard InChI is InChI=1S/C12H22N4S/c1-8(2)16-11(13-14-12(16)17)15-6-5-9(3)7-10(15)4/h8-10H,5-7H2,1-4H3,(H,14,17). The molecule has 17 heavy (non-hydrogen) atoms. The summed E-state index contributed by atoms with van der Waals surface area (Å²) in [6.45, 7) is 9.97. The molecule has 0 aliphatic carbocycles. The minimum absolute atomic E-state index is 0.350. The van der Waals surface area contributed by atoms with Gasteiger partial charge in [0, 0.05) is 18.6 Å². The Morgan fingerprint density at radius 3 is 2.71 bits per heavy atom. The van der Waals surface area contributed by atoms with Gasteiger partial charge in [0.2, 0.25) is 5.95 Å². The largest absolute Gasteiger partial charge is 0.338 e. The van der Waals surface area contributed by atoms with Gasteiger partial charge in [-0.05, 0) is 51.7 Å². The molecule has 1 aromatic heterocycles. The maximum Gasteiger partial charge on any atom is 0.226 e. The van der Waals surface area contributed by atoms with Crippen molar-refractivity contribution in [2.75, 3.05) is 11.4 Å². The first-order chi connectivity index (χ1) is 8.00. The number of H-pyrrole nitrogens is 1. The van der Waals surface area contributed by atoms with E-state index in [2.05, 4.69) is 47.4 Å². The van der Waals surface area contributed by atoms with Crippen molar-refractivity contribution >= 4 is 18.2 Å². The fourth-order valence-electron chi connectivity index (χ4n) is 2.67. The number of rotatable bonds is 2. The van der Waals surface area contributed by atoms with Crippen LogP contribution in [0.3, 0.4) is 0 Å². The summed E-state index contributed by atoms with van der Waals surface area (Å²) >= 11 is 5.30. The Hall–Kier alpha value is -0.840. The van der Waals surface area contributed by atoms with Crippen LogP contribution in [-0.2, 0) is 0 Å². The van der Waals surface area contributed by atoms with Crippen LogP contribution in [0.5, 0.6) is 0 Å². The maximum absolute atomic E-state index is 5.30. The molecule has 0 bridgehead atoms. The van der Waals surface area contributed by atoms with E-state index in [1.54, 1.807) is 0 Å². The third-order valence-electron chi connectivity index (χ3n) is 3.60. The molecular weight excluding hydrogens is 232 g/mol. The van der Waals surface area contributed by atoms with Crippen LogP contribution < -0.4 is 4.90 Å². The Labute approximate surface area is 108 Å². The van der Waals surface area contributed by atoms with E-state index >= 15 is 0 Å². The molecule has 0 amide bonds. The van der Waals surface area contributed by atoms with Gasteiger partial charge in [0.1, 0.15) is 0 Å². The quantitative estimate of drug-likeness (QED) is 0.824. The van der Waals surface area contributed by atoms with Gasteiger partial charge in [0.25, 0.3) is 0 Å². The van der Waals surface area contributed by atoms with Gasteiger partial charge >= 0.3 is 0 Å². The minimum atomic E-state index is 0.350. The smallest absolute Gasteiger partial charge is 0.226 e. The molecule has 2 atom stereocenters. The lowest BCUT2D eigenvalue weighted by atomic mass is 9.94. The number of anilines is 1. The molecule has 2 unspecified atom stereocenters. The van der Waals surface area contributed by atoms with Crippen molar-refractivity contribution in [1.29, 1.82) is 0 Å². The number of nitrogens with one attached hydrogen (secondary N) is 1. The fourth-order valence-corrected chi connectivity index (χ4v) is 3.01. The molecule has 1 saturated heterocycles. The first kappa shape index (κ1) is 12.6. The Balaban J connectivity index is 2.31. The highest BCUT2D eigenvalue weighted by Crippen LogP contribution is 2.27. The maximum atomic E-state index is 5.30. The van der Waals surface area contributed by atoms with Crippen molar-refractivity contribution in [2.24, 2.45) is 5.92 Å². The van der Waals surface area contributed by atoms with Crippen LogP contribution >= 0.6 is 12.2 Å². The Bertz CT molecular complexity index is 434. The van der Waals surface area contributed by atoms with Gasteiger partial charge in [0.05, 0.1) is 0 Å². The molecule has 96 valence electrons. The summed E-state index contributed by atoms with van der Waals surface area (Å²) in [5.74, 6) is 1.82. The van der Waals surface area contributed by atoms with Gasteiger partial charge in [-0.25, -0.2) is 5.10 Å². The zero-order valence-corrected chi connectivity index (χ0v) is 11.9. The molecule has 1 aliphatic rings. The van der Waals surface area contributed by atoms with E-state index in [0.717, 1.165) is 23.2 Å². The summed E-state index contributed by atoms with van der Waals surface area (Å²) in [6.07, 6.45) is 2.47. The van der Waals surface area contributed by atoms with E-state index in [-0.39, 0.29) is 0 Å². The Morgan fingerprint density at radius 2 is 2.12 bits per heavy atom. The molecule has 1 aliphatic heterocycles. The van der Waals surface area contributed by atoms with Crippen LogP contribution in [0.15, 0.2) is 0 Å². The lowest BCUT2D eigenvalue weighted by Gasteiger charge is -2.37. The highest BCUT2D eigenvalue weighted by atomic mass is 32.1. The van der Waals surface area contributed by atoms with Crippen LogP contribution in [0, 0.1) is 10.7 Å². The summed E-state index contributed by atoms with van der Waals surface area (Å²) in [7, 11) is 0. The molecule has 0 saturated carbocycles. The zero-order valence-electron chi connectivity index (χ0n) is 11.1. The number of hydrogen-bond donors (Lipinski definition) is 1. The molecule has 4 nitrogen and oxygen atoms in total. The number of aromatic nitrogens is 3. The average Bonchev–Trinajstić information content (AvgIpc) is 2.60. The molecule has 2 rings (SSSR count). The predicted octanol–water partition coefficient (Wildman–Crippen LogP) is 3.15. The highest BCUT2D eigenvalue weighted by molar-refractivity contribution is 7.71. The topological polar surface area (TPSA) is 36.9 Å². The van der Waals surface area contributed by atoms with Gasteiger partial charge in [-0.1, -0.05) is 6.92 Å². The summed E-state index contributed by atoms with van der Waals surface area (Å²) in [4.78, 5) is 2.38. The van der Waals surface area contributed by atoms with Crippen molar-refractivity contribution in [2.45, 2.75) is 52.6 Å². The number of piperidine rings is 1. The molecule has 1 aromatic rings. The van der Waals surface area contributed by atoms with Gasteiger partial charge in [-0.2, -0.15) is 0 Å². The van der Waals surface area contributed by atoms with E-state index < -0.39 is 0 Å². The lowest BCUT2D eigenvalue weighted by Crippen LogP contribution is -2.42. The number of hydrogen-bond acceptors (Lipinski definition) is 3. The molecule has 5 heteroatoms. The summed E-state index contributed by atoms with van der Waals surface area (Å²) in [5.41, 5.74) is 0. The molecule has 0 spiro atoms. The van der Waals surface area contributed by atoms with Crippen molar-refractivity contribution in [3.63, 3.8) is 0 Å². The monoisotopic (exact) mass is 254 g/mol. The third kappa shape index (κ3) is 2.39. The second-order valence-corrected chi connectivity index (χ2v) is 5.85. The van der Waals surface area contributed by atoms with Crippen molar-refractivity contribution in [3.05, 3.63) is 4.77 Å². The lowest BCUT2D eigenvalue weighted by molar-refractivity contribution is 0.368. The van der Waals surface area contributed by atoms with E-state index in [1.807, 2.05) is 0 Å². The van der Waals surface area contributed by atoms with Crippen molar-refractivity contribution in [1.82, 2.24) is 14.8 Å². The molecule has 2 heterocycles. The summed E-state index contributed by atoms with van der Waals surface area (Å²) in [5, 5.41) is 7.33. The van der Waals surface area contributed by atoms with Crippen LogP contribution in [0.1, 0.15) is 46.6 Å². The second kappa shape index (κ2) is 4.80. The van der Waals surface area contributed by atoms with Gasteiger partial charge in [0.15, 0.2) is 4.77 Å². The predicted molar refractivity (Wildman–Crippen MR) is 73.0 cm³/mol. The van der Waals surface area contributed by atoms with Crippen LogP contribution in [0.2, 0.25) is 0 Å². The Kier molecular flexibility index (Phi) is 3.56. The molecule has 1 N–H and O–H groups in total. The third-order valence-corrected chi connectivity index (χ3v) is 3.89. The highest BCUT2D eigenvalue weighted by Gasteiger charge is 2.27. The van der Waals surface area contributed by atoms with Crippen LogP contribution in [0.4, 0.5) is 5.95 Å². The Morgan fingerprint density at radius 1 is 1.41 bits per heavy atom. The normalized spacial score (nSPS) is 25.6. The summed E-state index contributed by atoms with van der Waals surface area (Å²) < 4.78 is 2.84.